The highest BCUT2D eigenvalue weighted by molar-refractivity contribution is 6.10. The maximum Gasteiger partial charge on any atom is 0.308 e. The summed E-state index contributed by atoms with van der Waals surface area (Å²) < 4.78 is 22.6. The van der Waals surface area contributed by atoms with E-state index < -0.39 is 11.9 Å². The van der Waals surface area contributed by atoms with Crippen molar-refractivity contribution in [2.45, 2.75) is 20.4 Å². The summed E-state index contributed by atoms with van der Waals surface area (Å²) in [5.74, 6) is -0.129. The van der Waals surface area contributed by atoms with Crippen LogP contribution in [-0.4, -0.2) is 33.2 Å². The Hall–Kier alpha value is -4.26. The van der Waals surface area contributed by atoms with E-state index >= 15 is 0 Å². The van der Waals surface area contributed by atoms with Crippen molar-refractivity contribution in [3.05, 3.63) is 54.1 Å². The molecule has 0 fully saturated rings. The smallest absolute Gasteiger partial charge is 0.308 e. The Morgan fingerprint density at radius 1 is 0.771 bits per heavy atom. The fraction of sp³-hybridized carbons (Fsp3) is 0.214. The Balaban J connectivity index is 1.91. The van der Waals surface area contributed by atoms with E-state index in [1.165, 1.54) is 28.1 Å². The number of hydrogen-bond acceptors (Lipinski definition) is 7. The third-order valence-electron chi connectivity index (χ3n) is 6.23. The molecule has 0 amide bonds. The summed E-state index contributed by atoms with van der Waals surface area (Å²) >= 11 is 0. The van der Waals surface area contributed by atoms with Crippen molar-refractivity contribution in [2.75, 3.05) is 26.2 Å². The minimum atomic E-state index is -0.500. The van der Waals surface area contributed by atoms with Gasteiger partial charge in [-0.3, -0.25) is 9.59 Å². The van der Waals surface area contributed by atoms with Gasteiger partial charge in [-0.2, -0.15) is 0 Å². The molecule has 0 aromatic heterocycles. The topological polar surface area (TPSA) is 74.3 Å². The van der Waals surface area contributed by atoms with Gasteiger partial charge in [-0.05, 0) is 28.3 Å². The molecule has 0 N–H and O–H groups in total. The molecule has 0 unspecified atom stereocenters. The van der Waals surface area contributed by atoms with E-state index in [9.17, 15) is 9.59 Å². The summed E-state index contributed by atoms with van der Waals surface area (Å²) in [4.78, 5) is 26.3. The largest absolute Gasteiger partial charge is 0.490 e. The monoisotopic (exact) mass is 471 g/mol. The second-order valence-electron chi connectivity index (χ2n) is 8.50. The lowest BCUT2D eigenvalue weighted by Crippen LogP contribution is -2.24. The standard InChI is InChI=1S/C28H25NO6/c1-15(30)34-25-22-14-29(3)24-20(23(22)26(35-16(2)31)28(33-5)27(25)32-4)11-10-19-12-17-8-6-7-9-18(17)13-21(19)24/h6-13H,14H2,1-5H3. The normalized spacial score (nSPS) is 12.2. The molecule has 0 spiro atoms. The molecule has 0 bridgehead atoms. The van der Waals surface area contributed by atoms with Gasteiger partial charge in [0.25, 0.3) is 0 Å². The molecule has 1 heterocycles. The Labute approximate surface area is 202 Å². The Kier molecular flexibility index (Phi) is 5.47. The van der Waals surface area contributed by atoms with Crippen molar-refractivity contribution in [1.29, 1.82) is 0 Å². The van der Waals surface area contributed by atoms with Crippen molar-refractivity contribution >= 4 is 39.2 Å². The number of methoxy groups -OCH3 is 2. The van der Waals surface area contributed by atoms with Gasteiger partial charge in [0.15, 0.2) is 11.5 Å². The summed E-state index contributed by atoms with van der Waals surface area (Å²) in [6, 6.07) is 16.6. The summed E-state index contributed by atoms with van der Waals surface area (Å²) in [6.45, 7) is 3.06. The van der Waals surface area contributed by atoms with Crippen LogP contribution in [0.5, 0.6) is 23.0 Å². The molecule has 4 aromatic rings. The van der Waals surface area contributed by atoms with Gasteiger partial charge in [0.05, 0.1) is 19.9 Å². The lowest BCUT2D eigenvalue weighted by molar-refractivity contribution is -0.133. The second-order valence-corrected chi connectivity index (χ2v) is 8.50. The minimum Gasteiger partial charge on any atom is -0.490 e. The first-order valence-electron chi connectivity index (χ1n) is 11.2. The lowest BCUT2D eigenvalue weighted by Gasteiger charge is -2.34. The highest BCUT2D eigenvalue weighted by Gasteiger charge is 2.35. The van der Waals surface area contributed by atoms with Gasteiger partial charge in [-0.15, -0.1) is 0 Å². The zero-order chi connectivity index (χ0) is 24.9. The van der Waals surface area contributed by atoms with Crippen LogP contribution in [0.25, 0.3) is 32.7 Å². The molecular weight excluding hydrogens is 446 g/mol. The number of carbonyl (C=O) groups excluding carboxylic acids is 2. The summed E-state index contributed by atoms with van der Waals surface area (Å²) in [5, 5.41) is 4.43. The SMILES string of the molecule is COc1c(OC(C)=O)c2c(c(OC(C)=O)c1OC)-c1ccc3cc4ccccc4cc3c1N(C)C2. The molecular formula is C28H25NO6. The average molecular weight is 472 g/mol. The van der Waals surface area contributed by atoms with Crippen LogP contribution in [0.4, 0.5) is 5.69 Å². The lowest BCUT2D eigenvalue weighted by atomic mass is 9.88. The fourth-order valence-electron chi connectivity index (χ4n) is 4.93. The fourth-order valence-corrected chi connectivity index (χ4v) is 4.93. The minimum absolute atomic E-state index is 0.187. The van der Waals surface area contributed by atoms with Crippen molar-refractivity contribution in [1.82, 2.24) is 0 Å². The third-order valence-corrected chi connectivity index (χ3v) is 6.23. The van der Waals surface area contributed by atoms with E-state index in [-0.39, 0.29) is 23.0 Å². The summed E-state index contributed by atoms with van der Waals surface area (Å²) in [6.07, 6.45) is 0. The first-order chi connectivity index (χ1) is 16.8. The van der Waals surface area contributed by atoms with Crippen LogP contribution in [0.1, 0.15) is 19.4 Å². The maximum absolute atomic E-state index is 12.2. The van der Waals surface area contributed by atoms with Crippen LogP contribution in [0.2, 0.25) is 0 Å². The Bertz CT molecular complexity index is 1520. The Morgan fingerprint density at radius 3 is 2.00 bits per heavy atom. The zero-order valence-electron chi connectivity index (χ0n) is 20.2. The average Bonchev–Trinajstić information content (AvgIpc) is 2.82. The number of ether oxygens (including phenoxy) is 4. The first kappa shape index (κ1) is 22.5. The van der Waals surface area contributed by atoms with Gasteiger partial charge in [-0.25, -0.2) is 0 Å². The zero-order valence-corrected chi connectivity index (χ0v) is 20.2. The van der Waals surface area contributed by atoms with Gasteiger partial charge in [0.2, 0.25) is 11.5 Å². The van der Waals surface area contributed by atoms with E-state index in [1.807, 2.05) is 31.3 Å². The number of anilines is 1. The van der Waals surface area contributed by atoms with E-state index in [2.05, 4.69) is 29.2 Å². The number of fused-ring (bicyclic) bond motifs is 6. The van der Waals surface area contributed by atoms with Crippen LogP contribution in [0, 0.1) is 0 Å². The van der Waals surface area contributed by atoms with Crippen LogP contribution < -0.4 is 23.8 Å². The van der Waals surface area contributed by atoms with Gasteiger partial charge in [-0.1, -0.05) is 36.4 Å². The number of benzene rings is 4. The number of carbonyl (C=O) groups is 2. The van der Waals surface area contributed by atoms with Gasteiger partial charge >= 0.3 is 11.9 Å². The molecule has 0 saturated carbocycles. The van der Waals surface area contributed by atoms with Crippen molar-refractivity contribution < 1.29 is 28.5 Å². The van der Waals surface area contributed by atoms with Crippen LogP contribution >= 0.6 is 0 Å². The van der Waals surface area contributed by atoms with Crippen LogP contribution in [-0.2, 0) is 16.1 Å². The Morgan fingerprint density at radius 2 is 1.37 bits per heavy atom. The van der Waals surface area contributed by atoms with Gasteiger partial charge < -0.3 is 23.8 Å². The van der Waals surface area contributed by atoms with Crippen LogP contribution in [0.15, 0.2) is 48.5 Å². The molecule has 7 heteroatoms. The van der Waals surface area contributed by atoms with Gasteiger partial charge in [0.1, 0.15) is 0 Å². The van der Waals surface area contributed by atoms with Crippen LogP contribution in [0.3, 0.4) is 0 Å². The highest BCUT2D eigenvalue weighted by Crippen LogP contribution is 2.58. The highest BCUT2D eigenvalue weighted by atomic mass is 16.6. The molecule has 1 aliphatic rings. The van der Waals surface area contributed by atoms with Gasteiger partial charge in [0, 0.05) is 49.5 Å². The van der Waals surface area contributed by atoms with E-state index in [0.717, 1.165) is 32.8 Å². The number of nitrogens with zero attached hydrogens (tertiary/aromatic N) is 1. The van der Waals surface area contributed by atoms with E-state index in [1.54, 1.807) is 0 Å². The molecule has 0 saturated heterocycles. The third kappa shape index (κ3) is 3.60. The van der Waals surface area contributed by atoms with Crippen molar-refractivity contribution in [3.63, 3.8) is 0 Å². The molecule has 178 valence electrons. The van der Waals surface area contributed by atoms with E-state index in [4.69, 9.17) is 18.9 Å². The number of esters is 2. The summed E-state index contributed by atoms with van der Waals surface area (Å²) in [5.41, 5.74) is 3.12. The number of hydrogen-bond donors (Lipinski definition) is 0. The molecule has 4 aromatic carbocycles. The maximum atomic E-state index is 12.2. The summed E-state index contributed by atoms with van der Waals surface area (Å²) in [7, 11) is 4.89. The molecule has 0 aliphatic carbocycles. The quantitative estimate of drug-likeness (QED) is 0.222. The molecule has 7 nitrogen and oxygen atoms in total. The molecule has 0 radical (unpaired) electrons. The molecule has 5 rings (SSSR count). The van der Waals surface area contributed by atoms with Crippen molar-refractivity contribution in [2.24, 2.45) is 0 Å². The first-order valence-corrected chi connectivity index (χ1v) is 11.2. The second kappa shape index (κ2) is 8.51. The predicted octanol–water partition coefficient (Wildman–Crippen LogP) is 5.48. The number of rotatable bonds is 4. The predicted molar refractivity (Wildman–Crippen MR) is 135 cm³/mol. The molecule has 0 atom stereocenters. The van der Waals surface area contributed by atoms with Crippen molar-refractivity contribution in [3.8, 4) is 34.1 Å². The molecule has 1 aliphatic heterocycles. The molecule has 35 heavy (non-hydrogen) atoms. The van der Waals surface area contributed by atoms with E-state index in [0.29, 0.717) is 17.7 Å².